The van der Waals surface area contributed by atoms with Crippen molar-refractivity contribution in [3.63, 3.8) is 0 Å². The molecule has 0 N–H and O–H groups in total. The summed E-state index contributed by atoms with van der Waals surface area (Å²) in [4.78, 5) is 12.2. The molecule has 0 radical (unpaired) electrons. The Morgan fingerprint density at radius 3 is 2.40 bits per heavy atom. The Morgan fingerprint density at radius 1 is 1.20 bits per heavy atom. The lowest BCUT2D eigenvalue weighted by Crippen LogP contribution is -2.33. The van der Waals surface area contributed by atoms with Crippen LogP contribution in [0.1, 0.15) is 51.9 Å². The Labute approximate surface area is 92.4 Å². The van der Waals surface area contributed by atoms with Crippen LogP contribution in [0.5, 0.6) is 0 Å². The first-order valence-electron chi connectivity index (χ1n) is 6.48. The maximum Gasteiger partial charge on any atom is 0.164 e. The molecule has 0 amide bonds. The molecule has 1 unspecified atom stereocenters. The zero-order valence-corrected chi connectivity index (χ0v) is 9.71. The molecule has 0 spiro atoms. The van der Waals surface area contributed by atoms with Gasteiger partial charge in [0.05, 0.1) is 0 Å². The lowest BCUT2D eigenvalue weighted by atomic mass is 9.83. The van der Waals surface area contributed by atoms with E-state index < -0.39 is 0 Å². The van der Waals surface area contributed by atoms with Gasteiger partial charge in [0.15, 0.2) is 5.78 Å². The van der Waals surface area contributed by atoms with E-state index in [1.54, 1.807) is 0 Å². The molecule has 2 aliphatic carbocycles. The van der Waals surface area contributed by atoms with E-state index in [1.165, 1.54) is 32.1 Å². The highest BCUT2D eigenvalue weighted by atomic mass is 16.5. The zero-order chi connectivity index (χ0) is 10.7. The predicted octanol–water partition coefficient (Wildman–Crippen LogP) is 2.95. The molecule has 0 aromatic heterocycles. The first-order chi connectivity index (χ1) is 7.33. The Morgan fingerprint density at radius 2 is 1.87 bits per heavy atom. The minimum atomic E-state index is -0.0573. The molecule has 0 bridgehead atoms. The van der Waals surface area contributed by atoms with Gasteiger partial charge in [-0.15, -0.1) is 0 Å². The number of hydrogen-bond acceptors (Lipinski definition) is 2. The van der Waals surface area contributed by atoms with Crippen LogP contribution < -0.4 is 0 Å². The number of rotatable bonds is 5. The molecule has 2 nitrogen and oxygen atoms in total. The Hall–Kier alpha value is -0.370. The largest absolute Gasteiger partial charge is 0.370 e. The lowest BCUT2D eigenvalue weighted by molar-refractivity contribution is -0.136. The number of Topliss-reactive ketones (excluding diaryl/α,β-unsaturated/α-hetero) is 1. The quantitative estimate of drug-likeness (QED) is 0.697. The van der Waals surface area contributed by atoms with Gasteiger partial charge in [-0.1, -0.05) is 19.3 Å². The minimum absolute atomic E-state index is 0.0573. The number of carbonyl (C=O) groups is 1. The fourth-order valence-corrected chi connectivity index (χ4v) is 2.65. The van der Waals surface area contributed by atoms with Crippen molar-refractivity contribution >= 4 is 5.78 Å². The van der Waals surface area contributed by atoms with Crippen molar-refractivity contribution in [2.24, 2.45) is 11.8 Å². The molecule has 86 valence electrons. The third-order valence-electron chi connectivity index (χ3n) is 3.68. The SMILES string of the molecule is CCOC(C(=O)C1CCCCC1)C1CC1. The second kappa shape index (κ2) is 5.11. The molecule has 1 atom stereocenters. The molecular weight excluding hydrogens is 188 g/mol. The maximum absolute atomic E-state index is 12.2. The van der Waals surface area contributed by atoms with Crippen molar-refractivity contribution in [2.75, 3.05) is 6.61 Å². The summed E-state index contributed by atoms with van der Waals surface area (Å²) in [5.74, 6) is 1.29. The third-order valence-corrected chi connectivity index (χ3v) is 3.68. The zero-order valence-electron chi connectivity index (χ0n) is 9.71. The highest BCUT2D eigenvalue weighted by Gasteiger charge is 2.39. The van der Waals surface area contributed by atoms with Gasteiger partial charge in [-0.25, -0.2) is 0 Å². The van der Waals surface area contributed by atoms with Gasteiger partial charge in [0, 0.05) is 12.5 Å². The fraction of sp³-hybridized carbons (Fsp3) is 0.923. The minimum Gasteiger partial charge on any atom is -0.370 e. The van der Waals surface area contributed by atoms with Gasteiger partial charge in [0.1, 0.15) is 6.10 Å². The number of hydrogen-bond donors (Lipinski definition) is 0. The molecule has 0 heterocycles. The first-order valence-corrected chi connectivity index (χ1v) is 6.48. The summed E-state index contributed by atoms with van der Waals surface area (Å²) in [5.41, 5.74) is 0. The normalized spacial score (nSPS) is 25.1. The third kappa shape index (κ3) is 2.81. The second-order valence-corrected chi connectivity index (χ2v) is 4.95. The summed E-state index contributed by atoms with van der Waals surface area (Å²) in [6, 6.07) is 0. The Kier molecular flexibility index (Phi) is 3.79. The van der Waals surface area contributed by atoms with Crippen LogP contribution in [-0.2, 0) is 9.53 Å². The molecule has 2 heteroatoms. The van der Waals surface area contributed by atoms with Gasteiger partial charge in [-0.2, -0.15) is 0 Å². The molecule has 2 fully saturated rings. The van der Waals surface area contributed by atoms with Gasteiger partial charge in [-0.05, 0) is 38.5 Å². The molecule has 15 heavy (non-hydrogen) atoms. The van der Waals surface area contributed by atoms with Crippen molar-refractivity contribution in [1.29, 1.82) is 0 Å². The predicted molar refractivity (Wildman–Crippen MR) is 59.7 cm³/mol. The molecule has 2 saturated carbocycles. The fourth-order valence-electron chi connectivity index (χ4n) is 2.65. The van der Waals surface area contributed by atoms with Crippen LogP contribution in [-0.4, -0.2) is 18.5 Å². The van der Waals surface area contributed by atoms with Gasteiger partial charge >= 0.3 is 0 Å². The monoisotopic (exact) mass is 210 g/mol. The molecule has 0 saturated heterocycles. The summed E-state index contributed by atoms with van der Waals surface area (Å²) in [6.07, 6.45) is 8.33. The van der Waals surface area contributed by atoms with Crippen LogP contribution in [0.4, 0.5) is 0 Å². The standard InChI is InChI=1S/C13H22O2/c1-2-15-13(11-8-9-11)12(14)10-6-4-3-5-7-10/h10-11,13H,2-9H2,1H3. The van der Waals surface area contributed by atoms with Crippen molar-refractivity contribution in [3.8, 4) is 0 Å². The topological polar surface area (TPSA) is 26.3 Å². The van der Waals surface area contributed by atoms with E-state index in [-0.39, 0.29) is 6.10 Å². The summed E-state index contributed by atoms with van der Waals surface area (Å²) in [6.45, 7) is 2.67. The van der Waals surface area contributed by atoms with Crippen LogP contribution >= 0.6 is 0 Å². The van der Waals surface area contributed by atoms with Crippen LogP contribution in [0.15, 0.2) is 0 Å². The summed E-state index contributed by atoms with van der Waals surface area (Å²) < 4.78 is 5.63. The Bertz CT molecular complexity index is 215. The maximum atomic E-state index is 12.2. The van der Waals surface area contributed by atoms with E-state index in [0.29, 0.717) is 24.2 Å². The van der Waals surface area contributed by atoms with Crippen molar-refractivity contribution in [3.05, 3.63) is 0 Å². The van der Waals surface area contributed by atoms with Gasteiger partial charge in [-0.3, -0.25) is 4.79 Å². The van der Waals surface area contributed by atoms with E-state index in [0.717, 1.165) is 12.8 Å². The van der Waals surface area contributed by atoms with E-state index in [9.17, 15) is 4.79 Å². The smallest absolute Gasteiger partial charge is 0.164 e. The first kappa shape index (κ1) is 11.1. The lowest BCUT2D eigenvalue weighted by Gasteiger charge is -2.25. The second-order valence-electron chi connectivity index (χ2n) is 4.95. The van der Waals surface area contributed by atoms with Crippen LogP contribution in [0.25, 0.3) is 0 Å². The van der Waals surface area contributed by atoms with Gasteiger partial charge in [0.25, 0.3) is 0 Å². The van der Waals surface area contributed by atoms with Crippen LogP contribution in [0, 0.1) is 11.8 Å². The van der Waals surface area contributed by atoms with Gasteiger partial charge < -0.3 is 4.74 Å². The molecule has 2 aliphatic rings. The molecular formula is C13H22O2. The molecule has 2 rings (SSSR count). The molecule has 0 aliphatic heterocycles. The van der Waals surface area contributed by atoms with E-state index in [2.05, 4.69) is 0 Å². The average Bonchev–Trinajstić information content (AvgIpc) is 3.10. The van der Waals surface area contributed by atoms with E-state index in [4.69, 9.17) is 4.74 Å². The van der Waals surface area contributed by atoms with E-state index >= 15 is 0 Å². The number of ketones is 1. The highest BCUT2D eigenvalue weighted by Crippen LogP contribution is 2.37. The van der Waals surface area contributed by atoms with E-state index in [1.807, 2.05) is 6.92 Å². The number of ether oxygens (including phenoxy) is 1. The van der Waals surface area contributed by atoms with Gasteiger partial charge in [0.2, 0.25) is 0 Å². The van der Waals surface area contributed by atoms with Crippen LogP contribution in [0.3, 0.4) is 0 Å². The number of carbonyl (C=O) groups excluding carboxylic acids is 1. The van der Waals surface area contributed by atoms with Crippen molar-refractivity contribution in [2.45, 2.75) is 58.0 Å². The highest BCUT2D eigenvalue weighted by molar-refractivity contribution is 5.86. The summed E-state index contributed by atoms with van der Waals surface area (Å²) >= 11 is 0. The summed E-state index contributed by atoms with van der Waals surface area (Å²) in [7, 11) is 0. The van der Waals surface area contributed by atoms with Crippen LogP contribution in [0.2, 0.25) is 0 Å². The van der Waals surface area contributed by atoms with Crippen molar-refractivity contribution < 1.29 is 9.53 Å². The molecule has 0 aromatic rings. The Balaban J connectivity index is 1.90. The molecule has 0 aromatic carbocycles. The van der Waals surface area contributed by atoms with Crippen molar-refractivity contribution in [1.82, 2.24) is 0 Å². The average molecular weight is 210 g/mol. The summed E-state index contributed by atoms with van der Waals surface area (Å²) in [5, 5.41) is 0.